The molecule has 19 heavy (non-hydrogen) atoms. The molecule has 0 saturated heterocycles. The molecule has 1 aromatic heterocycles. The number of nitrogens with zero attached hydrogens (tertiary/aromatic N) is 3. The van der Waals surface area contributed by atoms with Crippen LogP contribution in [0.25, 0.3) is 0 Å². The first-order valence-electron chi connectivity index (χ1n) is 5.27. The summed E-state index contributed by atoms with van der Waals surface area (Å²) in [6, 6.07) is 5.85. The number of benzene rings is 1. The highest BCUT2D eigenvalue weighted by Crippen LogP contribution is 2.28. The molecule has 0 radical (unpaired) electrons. The summed E-state index contributed by atoms with van der Waals surface area (Å²) in [5.74, 6) is -0.0159. The van der Waals surface area contributed by atoms with E-state index in [9.17, 15) is 13.9 Å². The van der Waals surface area contributed by atoms with E-state index in [0.29, 0.717) is 15.9 Å². The number of aliphatic hydroxyl groups is 1. The Morgan fingerprint density at radius 2 is 2.16 bits per heavy atom. The molecule has 2 aromatic rings. The Morgan fingerprint density at radius 3 is 2.74 bits per heavy atom. The maximum Gasteiger partial charge on any atom is 0.387 e. The SMILES string of the molecule is Cn1nnc(Br)c1C(O)c1cccc(OC(F)F)c1. The third kappa shape index (κ3) is 3.07. The summed E-state index contributed by atoms with van der Waals surface area (Å²) in [4.78, 5) is 0. The minimum atomic E-state index is -2.91. The maximum absolute atomic E-state index is 12.1. The maximum atomic E-state index is 12.1. The summed E-state index contributed by atoms with van der Waals surface area (Å²) >= 11 is 3.17. The van der Waals surface area contributed by atoms with Crippen molar-refractivity contribution in [1.29, 1.82) is 0 Å². The molecule has 1 heterocycles. The van der Waals surface area contributed by atoms with Gasteiger partial charge in [0.15, 0.2) is 4.60 Å². The van der Waals surface area contributed by atoms with Crippen molar-refractivity contribution in [2.75, 3.05) is 0 Å². The first-order chi connectivity index (χ1) is 8.99. The van der Waals surface area contributed by atoms with Gasteiger partial charge in [0.05, 0.1) is 0 Å². The van der Waals surface area contributed by atoms with Gasteiger partial charge in [-0.15, -0.1) is 5.10 Å². The van der Waals surface area contributed by atoms with Gasteiger partial charge in [-0.3, -0.25) is 0 Å². The number of hydrogen-bond acceptors (Lipinski definition) is 4. The minimum Gasteiger partial charge on any atom is -0.435 e. The van der Waals surface area contributed by atoms with E-state index in [1.54, 1.807) is 13.1 Å². The van der Waals surface area contributed by atoms with E-state index in [4.69, 9.17) is 0 Å². The Hall–Kier alpha value is -1.54. The second kappa shape index (κ2) is 5.62. The highest BCUT2D eigenvalue weighted by atomic mass is 79.9. The lowest BCUT2D eigenvalue weighted by atomic mass is 10.1. The highest BCUT2D eigenvalue weighted by molar-refractivity contribution is 9.10. The molecule has 0 bridgehead atoms. The number of halogens is 3. The molecule has 102 valence electrons. The number of ether oxygens (including phenoxy) is 1. The second-order valence-corrected chi connectivity index (χ2v) is 4.49. The van der Waals surface area contributed by atoms with Crippen LogP contribution in [0.1, 0.15) is 17.4 Å². The van der Waals surface area contributed by atoms with Crippen LogP contribution in [-0.4, -0.2) is 26.7 Å². The summed E-state index contributed by atoms with van der Waals surface area (Å²) in [7, 11) is 1.62. The monoisotopic (exact) mass is 333 g/mol. The van der Waals surface area contributed by atoms with Gasteiger partial charge in [-0.2, -0.15) is 8.78 Å². The molecule has 0 saturated carbocycles. The van der Waals surface area contributed by atoms with Crippen LogP contribution in [0.2, 0.25) is 0 Å². The molecule has 1 atom stereocenters. The molecule has 0 aliphatic carbocycles. The minimum absolute atomic E-state index is 0.0159. The van der Waals surface area contributed by atoms with Gasteiger partial charge in [-0.05, 0) is 33.6 Å². The fraction of sp³-hybridized carbons (Fsp3) is 0.273. The summed E-state index contributed by atoms with van der Waals surface area (Å²) < 4.78 is 30.4. The van der Waals surface area contributed by atoms with Crippen LogP contribution < -0.4 is 4.74 Å². The number of aryl methyl sites for hydroxylation is 1. The quantitative estimate of drug-likeness (QED) is 0.932. The molecule has 1 N–H and O–H groups in total. The van der Waals surface area contributed by atoms with Crippen molar-refractivity contribution in [3.8, 4) is 5.75 Å². The lowest BCUT2D eigenvalue weighted by Crippen LogP contribution is -2.08. The third-order valence-electron chi connectivity index (χ3n) is 2.48. The predicted octanol–water partition coefficient (Wildman–Crippen LogP) is 2.26. The van der Waals surface area contributed by atoms with Crippen LogP contribution >= 0.6 is 15.9 Å². The fourth-order valence-corrected chi connectivity index (χ4v) is 2.19. The molecule has 0 aliphatic heterocycles. The summed E-state index contributed by atoms with van der Waals surface area (Å²) in [5, 5.41) is 17.7. The molecule has 0 spiro atoms. The Kier molecular flexibility index (Phi) is 4.11. The number of alkyl halides is 2. The summed E-state index contributed by atoms with van der Waals surface area (Å²) in [6.45, 7) is -2.91. The van der Waals surface area contributed by atoms with Crippen molar-refractivity contribution in [3.63, 3.8) is 0 Å². The van der Waals surface area contributed by atoms with Crippen LogP contribution in [0.15, 0.2) is 28.9 Å². The van der Waals surface area contributed by atoms with E-state index in [1.165, 1.54) is 22.9 Å². The van der Waals surface area contributed by atoms with Crippen LogP contribution in [-0.2, 0) is 7.05 Å². The molecular formula is C11H10BrF2N3O2. The molecular weight excluding hydrogens is 324 g/mol. The van der Waals surface area contributed by atoms with Gasteiger partial charge >= 0.3 is 6.61 Å². The smallest absolute Gasteiger partial charge is 0.387 e. The highest BCUT2D eigenvalue weighted by Gasteiger charge is 2.20. The van der Waals surface area contributed by atoms with Crippen LogP contribution in [0.4, 0.5) is 8.78 Å². The molecule has 0 amide bonds. The molecule has 1 unspecified atom stereocenters. The third-order valence-corrected chi connectivity index (χ3v) is 3.05. The van der Waals surface area contributed by atoms with Gasteiger partial charge in [-0.25, -0.2) is 4.68 Å². The largest absolute Gasteiger partial charge is 0.435 e. The number of rotatable bonds is 4. The first-order valence-corrected chi connectivity index (χ1v) is 6.06. The van der Waals surface area contributed by atoms with Crippen molar-refractivity contribution in [3.05, 3.63) is 40.1 Å². The lowest BCUT2D eigenvalue weighted by Gasteiger charge is -2.13. The number of aromatic nitrogens is 3. The van der Waals surface area contributed by atoms with Crippen molar-refractivity contribution >= 4 is 15.9 Å². The van der Waals surface area contributed by atoms with Gasteiger partial charge in [0, 0.05) is 7.05 Å². The Morgan fingerprint density at radius 1 is 1.42 bits per heavy atom. The topological polar surface area (TPSA) is 60.2 Å². The van der Waals surface area contributed by atoms with Crippen molar-refractivity contribution in [2.24, 2.45) is 7.05 Å². The van der Waals surface area contributed by atoms with E-state index >= 15 is 0 Å². The van der Waals surface area contributed by atoms with Crippen molar-refractivity contribution in [2.45, 2.75) is 12.7 Å². The number of hydrogen-bond donors (Lipinski definition) is 1. The van der Waals surface area contributed by atoms with E-state index in [1.807, 2.05) is 0 Å². The van der Waals surface area contributed by atoms with E-state index < -0.39 is 12.7 Å². The molecule has 8 heteroatoms. The summed E-state index contributed by atoms with van der Waals surface area (Å²) in [6.07, 6.45) is -1.05. The van der Waals surface area contributed by atoms with Crippen molar-refractivity contribution in [1.82, 2.24) is 15.0 Å². The summed E-state index contributed by atoms with van der Waals surface area (Å²) in [5.41, 5.74) is 0.832. The Balaban J connectivity index is 2.31. The van der Waals surface area contributed by atoms with Gasteiger partial charge < -0.3 is 9.84 Å². The van der Waals surface area contributed by atoms with E-state index in [0.717, 1.165) is 0 Å². The van der Waals surface area contributed by atoms with E-state index in [2.05, 4.69) is 31.0 Å². The van der Waals surface area contributed by atoms with Crippen LogP contribution in [0.3, 0.4) is 0 Å². The predicted molar refractivity (Wildman–Crippen MR) is 65.8 cm³/mol. The average molecular weight is 334 g/mol. The molecule has 2 rings (SSSR count). The fourth-order valence-electron chi connectivity index (χ4n) is 1.65. The Bertz CT molecular complexity index is 557. The van der Waals surface area contributed by atoms with Gasteiger partial charge in [0.25, 0.3) is 0 Å². The van der Waals surface area contributed by atoms with Crippen molar-refractivity contribution < 1.29 is 18.6 Å². The molecule has 1 aromatic carbocycles. The lowest BCUT2D eigenvalue weighted by molar-refractivity contribution is -0.0499. The first kappa shape index (κ1) is 13.9. The van der Waals surface area contributed by atoms with Crippen LogP contribution in [0, 0.1) is 0 Å². The van der Waals surface area contributed by atoms with Crippen LogP contribution in [0.5, 0.6) is 5.75 Å². The average Bonchev–Trinajstić information content (AvgIpc) is 2.68. The van der Waals surface area contributed by atoms with E-state index in [-0.39, 0.29) is 5.75 Å². The van der Waals surface area contributed by atoms with Gasteiger partial charge in [0.2, 0.25) is 0 Å². The molecule has 0 fully saturated rings. The normalized spacial score (nSPS) is 12.7. The molecule has 5 nitrogen and oxygen atoms in total. The van der Waals surface area contributed by atoms with Gasteiger partial charge in [-0.1, -0.05) is 17.3 Å². The van der Waals surface area contributed by atoms with Gasteiger partial charge in [0.1, 0.15) is 17.5 Å². The second-order valence-electron chi connectivity index (χ2n) is 3.74. The number of aliphatic hydroxyl groups excluding tert-OH is 1. The zero-order valence-corrected chi connectivity index (χ0v) is 11.4. The zero-order valence-electron chi connectivity index (χ0n) is 9.80. The standard InChI is InChI=1S/C11H10BrF2N3O2/c1-17-8(10(12)15-16-17)9(18)6-3-2-4-7(5-6)19-11(13)14/h2-5,9,11,18H,1H3. The zero-order chi connectivity index (χ0) is 14.0. The molecule has 0 aliphatic rings. The Labute approximate surface area is 115 Å².